The molecule has 1 rings (SSSR count). The highest BCUT2D eigenvalue weighted by molar-refractivity contribution is 5.90. The van der Waals surface area contributed by atoms with Gasteiger partial charge in [0.25, 0.3) is 0 Å². The predicted molar refractivity (Wildman–Crippen MR) is 89.1 cm³/mol. The minimum atomic E-state index is 0.0390. The van der Waals surface area contributed by atoms with Crippen molar-refractivity contribution < 1.29 is 4.79 Å². The van der Waals surface area contributed by atoms with Gasteiger partial charge in [-0.3, -0.25) is 4.79 Å². The van der Waals surface area contributed by atoms with Crippen LogP contribution in [0.25, 0.3) is 0 Å². The molecule has 1 amide bonds. The molecule has 1 aromatic rings. The quantitative estimate of drug-likeness (QED) is 0.847. The summed E-state index contributed by atoms with van der Waals surface area (Å²) >= 11 is 0. The number of carbonyl (C=O) groups is 1. The van der Waals surface area contributed by atoms with E-state index in [0.717, 1.165) is 17.8 Å². The van der Waals surface area contributed by atoms with E-state index in [1.165, 1.54) is 0 Å². The summed E-state index contributed by atoms with van der Waals surface area (Å²) in [6, 6.07) is 8.09. The Morgan fingerprint density at radius 1 is 1.38 bits per heavy atom. The fraction of sp³-hybridized carbons (Fsp3) is 0.588. The van der Waals surface area contributed by atoms with Crippen LogP contribution in [0.15, 0.2) is 24.3 Å². The smallest absolute Gasteiger partial charge is 0.225 e. The van der Waals surface area contributed by atoms with E-state index >= 15 is 0 Å². The molecule has 0 bridgehead atoms. The van der Waals surface area contributed by atoms with Crippen LogP contribution in [0.1, 0.15) is 39.7 Å². The summed E-state index contributed by atoms with van der Waals surface area (Å²) in [5.41, 5.74) is 7.65. The van der Waals surface area contributed by atoms with Crippen molar-refractivity contribution >= 4 is 11.6 Å². The SMILES string of the molecule is CC(N(C)CCC(=O)Nc1cccc(CN)c1)C(C)(C)C. The van der Waals surface area contributed by atoms with Gasteiger partial charge in [0.15, 0.2) is 0 Å². The van der Waals surface area contributed by atoms with Gasteiger partial charge in [0.2, 0.25) is 5.91 Å². The van der Waals surface area contributed by atoms with E-state index in [1.807, 2.05) is 24.3 Å². The fourth-order valence-electron chi connectivity index (χ4n) is 2.13. The summed E-state index contributed by atoms with van der Waals surface area (Å²) in [5.74, 6) is 0.0390. The molecule has 0 saturated carbocycles. The molecule has 0 aliphatic rings. The van der Waals surface area contributed by atoms with Crippen LogP contribution in [0.3, 0.4) is 0 Å². The molecule has 3 N–H and O–H groups in total. The van der Waals surface area contributed by atoms with Crippen LogP contribution in [-0.2, 0) is 11.3 Å². The Morgan fingerprint density at radius 3 is 2.62 bits per heavy atom. The van der Waals surface area contributed by atoms with Gasteiger partial charge in [-0.25, -0.2) is 0 Å². The first-order valence-electron chi connectivity index (χ1n) is 7.53. The maximum absolute atomic E-state index is 12.0. The van der Waals surface area contributed by atoms with Gasteiger partial charge in [-0.05, 0) is 37.1 Å². The van der Waals surface area contributed by atoms with Crippen LogP contribution in [0, 0.1) is 5.41 Å². The van der Waals surface area contributed by atoms with Crippen LogP contribution >= 0.6 is 0 Å². The van der Waals surface area contributed by atoms with Crippen molar-refractivity contribution in [2.75, 3.05) is 18.9 Å². The third-order valence-electron chi connectivity index (χ3n) is 4.05. The summed E-state index contributed by atoms with van der Waals surface area (Å²) in [7, 11) is 2.07. The van der Waals surface area contributed by atoms with Crippen molar-refractivity contribution in [1.82, 2.24) is 4.90 Å². The maximum Gasteiger partial charge on any atom is 0.225 e. The van der Waals surface area contributed by atoms with Crippen LogP contribution in [0.2, 0.25) is 0 Å². The van der Waals surface area contributed by atoms with Crippen molar-refractivity contribution in [2.45, 2.75) is 46.7 Å². The van der Waals surface area contributed by atoms with Crippen LogP contribution < -0.4 is 11.1 Å². The average Bonchev–Trinajstić information content (AvgIpc) is 2.43. The third-order valence-corrected chi connectivity index (χ3v) is 4.05. The zero-order chi connectivity index (χ0) is 16.0. The van der Waals surface area contributed by atoms with Gasteiger partial charge >= 0.3 is 0 Å². The molecule has 0 heterocycles. The van der Waals surface area contributed by atoms with Gasteiger partial charge in [-0.15, -0.1) is 0 Å². The lowest BCUT2D eigenvalue weighted by atomic mass is 9.87. The lowest BCUT2D eigenvalue weighted by Crippen LogP contribution is -2.40. The Hall–Kier alpha value is -1.39. The molecule has 0 spiro atoms. The monoisotopic (exact) mass is 291 g/mol. The standard InChI is InChI=1S/C17H29N3O/c1-13(17(2,3)4)20(5)10-9-16(21)19-15-8-6-7-14(11-15)12-18/h6-8,11,13H,9-10,12,18H2,1-5H3,(H,19,21). The molecular weight excluding hydrogens is 262 g/mol. The number of carbonyl (C=O) groups excluding carboxylic acids is 1. The highest BCUT2D eigenvalue weighted by Crippen LogP contribution is 2.23. The molecule has 0 aromatic heterocycles. The van der Waals surface area contributed by atoms with Crippen LogP contribution in [0.4, 0.5) is 5.69 Å². The van der Waals surface area contributed by atoms with E-state index in [0.29, 0.717) is 19.0 Å². The number of rotatable bonds is 6. The Morgan fingerprint density at radius 2 is 2.05 bits per heavy atom. The first kappa shape index (κ1) is 17.7. The van der Waals surface area contributed by atoms with E-state index in [-0.39, 0.29) is 11.3 Å². The number of nitrogens with one attached hydrogen (secondary N) is 1. The molecule has 0 fully saturated rings. The normalized spacial score (nSPS) is 13.3. The Kier molecular flexibility index (Phi) is 6.37. The third kappa shape index (κ3) is 5.86. The molecule has 0 aliphatic heterocycles. The minimum absolute atomic E-state index is 0.0390. The number of hydrogen-bond donors (Lipinski definition) is 2. The molecule has 0 saturated heterocycles. The highest BCUT2D eigenvalue weighted by atomic mass is 16.1. The van der Waals surface area contributed by atoms with Crippen LogP contribution in [-0.4, -0.2) is 30.4 Å². The van der Waals surface area contributed by atoms with E-state index in [2.05, 4.69) is 45.0 Å². The number of hydrogen-bond acceptors (Lipinski definition) is 3. The summed E-state index contributed by atoms with van der Waals surface area (Å²) in [6.45, 7) is 10.1. The number of nitrogens with zero attached hydrogens (tertiary/aromatic N) is 1. The van der Waals surface area contributed by atoms with E-state index < -0.39 is 0 Å². The minimum Gasteiger partial charge on any atom is -0.326 e. The number of nitrogens with two attached hydrogens (primary N) is 1. The van der Waals surface area contributed by atoms with E-state index in [4.69, 9.17) is 5.73 Å². The first-order valence-corrected chi connectivity index (χ1v) is 7.53. The van der Waals surface area contributed by atoms with Gasteiger partial charge in [0.1, 0.15) is 0 Å². The topological polar surface area (TPSA) is 58.4 Å². The van der Waals surface area contributed by atoms with Gasteiger partial charge in [0, 0.05) is 31.2 Å². The summed E-state index contributed by atoms with van der Waals surface area (Å²) in [4.78, 5) is 14.3. The lowest BCUT2D eigenvalue weighted by Gasteiger charge is -2.35. The maximum atomic E-state index is 12.0. The largest absolute Gasteiger partial charge is 0.326 e. The molecule has 1 atom stereocenters. The molecule has 0 radical (unpaired) electrons. The van der Waals surface area contributed by atoms with Gasteiger partial charge in [-0.1, -0.05) is 32.9 Å². The summed E-state index contributed by atoms with van der Waals surface area (Å²) in [6.07, 6.45) is 0.490. The lowest BCUT2D eigenvalue weighted by molar-refractivity contribution is -0.116. The number of anilines is 1. The van der Waals surface area contributed by atoms with Crippen molar-refractivity contribution in [2.24, 2.45) is 11.1 Å². The predicted octanol–water partition coefficient (Wildman–Crippen LogP) is 2.84. The van der Waals surface area contributed by atoms with E-state index in [1.54, 1.807) is 0 Å². The Labute approximate surface area is 128 Å². The molecular formula is C17H29N3O. The summed E-state index contributed by atoms with van der Waals surface area (Å²) in [5, 5.41) is 2.93. The molecule has 4 nitrogen and oxygen atoms in total. The molecule has 21 heavy (non-hydrogen) atoms. The highest BCUT2D eigenvalue weighted by Gasteiger charge is 2.23. The molecule has 0 aliphatic carbocycles. The molecule has 118 valence electrons. The van der Waals surface area contributed by atoms with Gasteiger partial charge in [0.05, 0.1) is 0 Å². The second-order valence-electron chi connectivity index (χ2n) is 6.73. The molecule has 4 heteroatoms. The zero-order valence-electron chi connectivity index (χ0n) is 13.9. The van der Waals surface area contributed by atoms with Crippen LogP contribution in [0.5, 0.6) is 0 Å². The van der Waals surface area contributed by atoms with Crippen molar-refractivity contribution in [1.29, 1.82) is 0 Å². The van der Waals surface area contributed by atoms with Crippen molar-refractivity contribution in [3.05, 3.63) is 29.8 Å². The zero-order valence-corrected chi connectivity index (χ0v) is 13.9. The molecule has 1 unspecified atom stereocenters. The average molecular weight is 291 g/mol. The van der Waals surface area contributed by atoms with E-state index in [9.17, 15) is 4.79 Å². The van der Waals surface area contributed by atoms with Crippen molar-refractivity contribution in [3.63, 3.8) is 0 Å². The number of amides is 1. The Bertz CT molecular complexity index is 465. The van der Waals surface area contributed by atoms with Crippen molar-refractivity contribution in [3.8, 4) is 0 Å². The summed E-state index contributed by atoms with van der Waals surface area (Å²) < 4.78 is 0. The second kappa shape index (κ2) is 7.57. The van der Waals surface area contributed by atoms with Gasteiger partial charge in [-0.2, -0.15) is 0 Å². The van der Waals surface area contributed by atoms with Gasteiger partial charge < -0.3 is 16.0 Å². The Balaban J connectivity index is 2.47. The first-order chi connectivity index (χ1) is 9.74. The fourth-order valence-corrected chi connectivity index (χ4v) is 2.13. The second-order valence-corrected chi connectivity index (χ2v) is 6.73. The number of benzene rings is 1. The molecule has 1 aromatic carbocycles.